The molecule has 0 spiro atoms. The Bertz CT molecular complexity index is 3210. The van der Waals surface area contributed by atoms with Gasteiger partial charge in [0.2, 0.25) is 0 Å². The number of aliphatic imine (C=N–C) groups is 2. The van der Waals surface area contributed by atoms with Crippen LogP contribution in [-0.4, -0.2) is 141 Å². The van der Waals surface area contributed by atoms with Crippen molar-refractivity contribution in [3.8, 4) is 23.0 Å². The fourth-order valence-electron chi connectivity index (χ4n) is 9.26. The van der Waals surface area contributed by atoms with E-state index >= 15 is 0 Å². The second-order valence-corrected chi connectivity index (χ2v) is 20.4. The van der Waals surface area contributed by atoms with Crippen LogP contribution in [0.1, 0.15) is 128 Å². The van der Waals surface area contributed by atoms with E-state index in [2.05, 4.69) is 25.9 Å². The zero-order valence-corrected chi connectivity index (χ0v) is 49.2. The molecule has 0 heterocycles. The number of primary amides is 1. The van der Waals surface area contributed by atoms with Crippen molar-refractivity contribution >= 4 is 70.5 Å². The molecular formula is C60H79N13O14. The Hall–Kier alpha value is -9.92. The number of carboxylic acids is 1. The number of carboxylic acid groups (broad SMARTS) is 1. The number of benzene rings is 4. The van der Waals surface area contributed by atoms with E-state index in [1.54, 1.807) is 12.1 Å². The first kappa shape index (κ1) is 69.6. The lowest BCUT2D eigenvalue weighted by Crippen LogP contribution is -2.42. The number of carbonyl (C=O) groups excluding carboxylic acids is 8. The highest BCUT2D eigenvalue weighted by molar-refractivity contribution is 6.04. The number of guanidine groups is 2. The van der Waals surface area contributed by atoms with Crippen molar-refractivity contribution in [2.45, 2.75) is 114 Å². The van der Waals surface area contributed by atoms with Crippen molar-refractivity contribution in [3.05, 3.63) is 117 Å². The van der Waals surface area contributed by atoms with Gasteiger partial charge in [-0.25, -0.2) is 0 Å². The molecule has 0 saturated heterocycles. The van der Waals surface area contributed by atoms with Crippen LogP contribution in [0.15, 0.2) is 82.8 Å². The maximum atomic E-state index is 14.3. The zero-order chi connectivity index (χ0) is 64.3. The van der Waals surface area contributed by atoms with Gasteiger partial charge in [0.25, 0.3) is 23.6 Å². The van der Waals surface area contributed by atoms with Crippen molar-refractivity contribution in [1.82, 2.24) is 16.0 Å². The quantitative estimate of drug-likeness (QED) is 0.0171. The Kier molecular flexibility index (Phi) is 27.8. The van der Waals surface area contributed by atoms with Crippen LogP contribution in [0.25, 0.3) is 0 Å². The smallest absolute Gasteiger partial charge is 0.303 e. The van der Waals surface area contributed by atoms with E-state index in [0.717, 1.165) is 0 Å². The number of ketones is 4. The second-order valence-electron chi connectivity index (χ2n) is 20.4. The minimum Gasteiger partial charge on any atom is -0.496 e. The van der Waals surface area contributed by atoms with Crippen LogP contribution in [0.2, 0.25) is 0 Å². The number of Topliss-reactive ketones (excluding diaryl/α,β-unsaturated/α-hetero) is 4. The first-order valence-corrected chi connectivity index (χ1v) is 27.8. The van der Waals surface area contributed by atoms with Crippen LogP contribution in [0.4, 0.5) is 0 Å². The molecule has 0 aliphatic carbocycles. The number of amidine groups is 1. The van der Waals surface area contributed by atoms with Gasteiger partial charge in [0.1, 0.15) is 23.0 Å². The Labute approximate surface area is 503 Å². The Morgan fingerprint density at radius 2 is 0.793 bits per heavy atom. The molecule has 87 heavy (non-hydrogen) atoms. The van der Waals surface area contributed by atoms with E-state index in [1.807, 2.05) is 0 Å². The summed E-state index contributed by atoms with van der Waals surface area (Å²) in [6, 6.07) is 13.3. The average Bonchev–Trinajstić information content (AvgIpc) is 2.94. The minimum atomic E-state index is -1.41. The third kappa shape index (κ3) is 22.5. The molecule has 27 heteroatoms. The van der Waals surface area contributed by atoms with E-state index in [0.29, 0.717) is 43.4 Å². The lowest BCUT2D eigenvalue weighted by molar-refractivity contribution is -0.137. The fourth-order valence-corrected chi connectivity index (χ4v) is 9.26. The summed E-state index contributed by atoms with van der Waals surface area (Å²) in [5.74, 6) is -6.03. The van der Waals surface area contributed by atoms with Crippen molar-refractivity contribution in [2.75, 3.05) is 41.5 Å². The minimum absolute atomic E-state index is 0.0248. The summed E-state index contributed by atoms with van der Waals surface area (Å²) in [5.41, 5.74) is 40.4. The van der Waals surface area contributed by atoms with Gasteiger partial charge in [0.15, 0.2) is 35.1 Å². The lowest BCUT2D eigenvalue weighted by atomic mass is 9.96. The number of amides is 4. The predicted molar refractivity (Wildman–Crippen MR) is 324 cm³/mol. The van der Waals surface area contributed by atoms with Gasteiger partial charge in [-0.05, 0) is 116 Å². The molecule has 4 aromatic carbocycles. The van der Waals surface area contributed by atoms with E-state index < -0.39 is 84.0 Å². The van der Waals surface area contributed by atoms with E-state index in [9.17, 15) is 48.3 Å². The molecule has 0 fully saturated rings. The number of unbranched alkanes of at least 4 members (excludes halogenated alkanes) is 1. The predicted octanol–water partition coefficient (Wildman–Crippen LogP) is 1.46. The second kappa shape index (κ2) is 34.8. The summed E-state index contributed by atoms with van der Waals surface area (Å²) < 4.78 is 21.7. The van der Waals surface area contributed by atoms with Crippen LogP contribution in [0, 0.1) is 5.41 Å². The molecule has 0 aliphatic heterocycles. The van der Waals surface area contributed by atoms with E-state index in [-0.39, 0.29) is 138 Å². The first-order chi connectivity index (χ1) is 41.4. The zero-order valence-electron chi connectivity index (χ0n) is 49.2. The molecule has 0 aliphatic rings. The van der Waals surface area contributed by atoms with Crippen LogP contribution >= 0.6 is 0 Å². The maximum absolute atomic E-state index is 14.3. The number of carbonyl (C=O) groups is 9. The Balaban J connectivity index is 1.58. The number of nitrogens with two attached hydrogens (primary N) is 7. The van der Waals surface area contributed by atoms with Gasteiger partial charge in [0, 0.05) is 51.6 Å². The molecule has 0 bridgehead atoms. The maximum Gasteiger partial charge on any atom is 0.303 e. The number of hydrogen-bond acceptors (Lipinski definition) is 17. The third-order valence-electron chi connectivity index (χ3n) is 13.8. The van der Waals surface area contributed by atoms with Gasteiger partial charge in [-0.3, -0.25) is 58.5 Å². The summed E-state index contributed by atoms with van der Waals surface area (Å²) in [6.07, 6.45) is 0.333. The summed E-state index contributed by atoms with van der Waals surface area (Å²) in [7, 11) is 5.33. The number of aliphatic carboxylic acids is 1. The molecule has 27 nitrogen and oxygen atoms in total. The largest absolute Gasteiger partial charge is 0.496 e. The summed E-state index contributed by atoms with van der Waals surface area (Å²) in [4.78, 5) is 130. The Morgan fingerprint density at radius 1 is 0.460 bits per heavy atom. The van der Waals surface area contributed by atoms with Crippen LogP contribution < -0.4 is 75.0 Å². The molecule has 0 aromatic heterocycles. The van der Waals surface area contributed by atoms with Gasteiger partial charge in [0.05, 0.1) is 80.7 Å². The number of hydrogen-bond donors (Lipinski definition) is 12. The van der Waals surface area contributed by atoms with Gasteiger partial charge in [-0.2, -0.15) is 0 Å². The molecule has 4 amide bonds. The topological polar surface area (TPSA) is 478 Å². The lowest BCUT2D eigenvalue weighted by Gasteiger charge is -2.21. The number of nitrogens with one attached hydrogen (secondary N) is 4. The average molecular weight is 1210 g/mol. The number of ether oxygens (including phenoxy) is 4. The third-order valence-corrected chi connectivity index (χ3v) is 13.8. The van der Waals surface area contributed by atoms with Crippen LogP contribution in [-0.2, 0) is 49.7 Å². The monoisotopic (exact) mass is 1210 g/mol. The standard InChI is InChI=1S/C60H79N13O14/c1-84-49-18-13-33(25-37(49)55(64)80)30-46(75)42(10-5-6-12-53(62)63)71-56(81)39-28-36(16-21-51(39)86-3)32-48(77)44(17-22-54(78)79)73-58(83)40-27-35(15-20-52(40)87-4)31-47(76)43(11-8-24-70-60(67)68)72-57(82)38-26-34(14-19-50(38)85-2)29-45(74)41(61)9-7-23-69-59(65)66/h13-16,18-21,25-28,41-44H,5-12,17,22-24,29-32,61H2,1-4H3,(H3,62,63)(H2,64,80)(H,71,81)(H,72,82)(H,73,83)(H,78,79)(H4,65,66,69)(H4,67,68,70)/t41-,42-,43-,44-/m0/s1. The number of nitrogens with zero attached hydrogens (tertiary/aromatic N) is 2. The van der Waals surface area contributed by atoms with E-state index in [4.69, 9.17) is 64.5 Å². The van der Waals surface area contributed by atoms with Crippen molar-refractivity contribution in [2.24, 2.45) is 50.1 Å². The van der Waals surface area contributed by atoms with Crippen molar-refractivity contribution in [3.63, 3.8) is 0 Å². The molecule has 4 aromatic rings. The molecule has 0 radical (unpaired) electrons. The summed E-state index contributed by atoms with van der Waals surface area (Å²) in [5, 5.41) is 25.5. The highest BCUT2D eigenvalue weighted by Gasteiger charge is 2.29. The molecule has 19 N–H and O–H groups in total. The molecule has 4 atom stereocenters. The normalized spacial score (nSPS) is 12.1. The van der Waals surface area contributed by atoms with Crippen molar-refractivity contribution < 1.29 is 67.2 Å². The number of methoxy groups -OCH3 is 4. The van der Waals surface area contributed by atoms with Gasteiger partial charge >= 0.3 is 5.97 Å². The highest BCUT2D eigenvalue weighted by Crippen LogP contribution is 2.26. The summed E-state index contributed by atoms with van der Waals surface area (Å²) in [6.45, 7) is 0.404. The first-order valence-electron chi connectivity index (χ1n) is 27.8. The molecular weight excluding hydrogens is 1130 g/mol. The Morgan fingerprint density at radius 3 is 1.14 bits per heavy atom. The molecule has 0 saturated carbocycles. The molecule has 0 unspecified atom stereocenters. The molecule has 4 rings (SSSR count). The highest BCUT2D eigenvalue weighted by atomic mass is 16.5. The summed E-state index contributed by atoms with van der Waals surface area (Å²) >= 11 is 0. The van der Waals surface area contributed by atoms with Crippen LogP contribution in [0.5, 0.6) is 23.0 Å². The van der Waals surface area contributed by atoms with Gasteiger partial charge in [-0.15, -0.1) is 0 Å². The van der Waals surface area contributed by atoms with Gasteiger partial charge < -0.3 is 80.1 Å². The van der Waals surface area contributed by atoms with Crippen LogP contribution in [0.3, 0.4) is 0 Å². The fraction of sp³-hybridized carbons (Fsp3) is 0.400. The van der Waals surface area contributed by atoms with Gasteiger partial charge in [-0.1, -0.05) is 30.7 Å². The molecule has 468 valence electrons. The number of rotatable bonds is 39. The van der Waals surface area contributed by atoms with E-state index in [1.165, 1.54) is 89.1 Å². The SMILES string of the molecule is COc1ccc(CC(=O)[C@H](CCCCC(=N)N)NC(=O)c2cc(CC(=O)[C@H](CCC(=O)O)NC(=O)c3cc(CC(=O)[C@H](CCCN=C(N)N)NC(=O)c4cc(CC(=O)[C@@H](N)CCCN=C(N)N)ccc4OC)ccc3OC)ccc2OC)cc1C(N)=O. The van der Waals surface area contributed by atoms with Crippen molar-refractivity contribution in [1.29, 1.82) is 5.41 Å².